The molecule has 180 valence electrons. The van der Waals surface area contributed by atoms with Crippen molar-refractivity contribution in [3.05, 3.63) is 58.5 Å². The third-order valence-corrected chi connectivity index (χ3v) is 6.75. The second kappa shape index (κ2) is 9.90. The predicted molar refractivity (Wildman–Crippen MR) is 123 cm³/mol. The molecular weight excluding hydrogens is 465 g/mol. The third kappa shape index (κ3) is 5.26. The van der Waals surface area contributed by atoms with E-state index < -0.39 is 43.4 Å². The summed E-state index contributed by atoms with van der Waals surface area (Å²) in [5, 5.41) is 2.58. The third-order valence-electron chi connectivity index (χ3n) is 5.11. The molecule has 0 amide bonds. The van der Waals surface area contributed by atoms with Gasteiger partial charge in [0.05, 0.1) is 31.4 Å². The number of nitrogens with one attached hydrogen (secondary N) is 2. The first-order chi connectivity index (χ1) is 16.3. The Morgan fingerprint density at radius 3 is 2.82 bits per heavy atom. The Hall–Kier alpha value is -3.31. The maximum Gasteiger partial charge on any atom is 0.459 e. The fraction of sp³-hybridized carbons (Fsp3) is 0.333. The van der Waals surface area contributed by atoms with Crippen LogP contribution in [-0.4, -0.2) is 54.1 Å². The van der Waals surface area contributed by atoms with Crippen LogP contribution in [0.4, 0.5) is 11.6 Å². The number of carbonyl (C=O) groups is 1. The first-order valence-electron chi connectivity index (χ1n) is 10.4. The zero-order chi connectivity index (χ0) is 24.3. The number of para-hydroxylation sites is 1. The Morgan fingerprint density at radius 2 is 2.09 bits per heavy atom. The number of methoxy groups -OCH3 is 1. The van der Waals surface area contributed by atoms with E-state index in [0.717, 1.165) is 0 Å². The zero-order valence-electron chi connectivity index (χ0n) is 18.4. The van der Waals surface area contributed by atoms with Gasteiger partial charge in [-0.05, 0) is 19.1 Å². The van der Waals surface area contributed by atoms with Crippen molar-refractivity contribution in [3.8, 4) is 5.75 Å². The van der Waals surface area contributed by atoms with Gasteiger partial charge in [0, 0.05) is 6.21 Å². The number of nitrogens with zero attached hydrogens (tertiary/aromatic N) is 2. The Kier molecular flexibility index (Phi) is 6.94. The van der Waals surface area contributed by atoms with Gasteiger partial charge in [0.25, 0.3) is 5.56 Å². The largest absolute Gasteiger partial charge is 0.468 e. The molecule has 0 fully saturated rings. The lowest BCUT2D eigenvalue weighted by Crippen LogP contribution is -2.35. The predicted octanol–water partition coefficient (Wildman–Crippen LogP) is 1.83. The number of nitrogen functional groups attached to an aromatic ring is 1. The standard InChI is InChI=1S/C21H24N5O7P/c1-12(20(28)30-2)26-34(29,33-13-6-4-3-5-7-13)31-11-14-8-9-16(32-14)15-10-23-18-17(15)24-21(22)25-19(18)27/h3-10,12,14-16H,11H2,1-2H3,(H,26,29)(H3,22,24,25,27)/t12?,14-,15-,16+,34?/m0/s1. The Bertz CT molecular complexity index is 1220. The molecule has 0 saturated carbocycles. The quantitative estimate of drug-likeness (QED) is 0.268. The first-order valence-corrected chi connectivity index (χ1v) is 11.9. The summed E-state index contributed by atoms with van der Waals surface area (Å²) in [6, 6.07) is 7.47. The van der Waals surface area contributed by atoms with E-state index in [9.17, 15) is 14.2 Å². The highest BCUT2D eigenvalue weighted by atomic mass is 31.2. The molecule has 3 heterocycles. The summed E-state index contributed by atoms with van der Waals surface area (Å²) in [6.07, 6.45) is 4.04. The van der Waals surface area contributed by atoms with Gasteiger partial charge in [-0.2, -0.15) is 5.09 Å². The van der Waals surface area contributed by atoms with Gasteiger partial charge >= 0.3 is 13.7 Å². The summed E-state index contributed by atoms with van der Waals surface area (Å²) in [5.41, 5.74) is 5.85. The van der Waals surface area contributed by atoms with E-state index in [-0.39, 0.29) is 18.2 Å². The van der Waals surface area contributed by atoms with Crippen molar-refractivity contribution >= 4 is 31.6 Å². The number of rotatable bonds is 9. The van der Waals surface area contributed by atoms with E-state index in [1.165, 1.54) is 14.0 Å². The molecule has 4 N–H and O–H groups in total. The SMILES string of the molecule is COC(=O)C(C)NP(=O)(OC[C@@H]1C=C[C@H]([C@@H]2C=Nc3c2nc(N)[nH]c3=O)O1)Oc1ccccc1. The number of aromatic amines is 1. The molecule has 12 nitrogen and oxygen atoms in total. The zero-order valence-corrected chi connectivity index (χ0v) is 19.3. The summed E-state index contributed by atoms with van der Waals surface area (Å²) in [7, 11) is -2.77. The lowest BCUT2D eigenvalue weighted by atomic mass is 10.0. The molecule has 1 aromatic heterocycles. The highest BCUT2D eigenvalue weighted by Gasteiger charge is 2.37. The van der Waals surface area contributed by atoms with Crippen LogP contribution in [0.15, 0.2) is 52.3 Å². The van der Waals surface area contributed by atoms with Gasteiger partial charge in [0.1, 0.15) is 17.9 Å². The highest BCUT2D eigenvalue weighted by molar-refractivity contribution is 7.52. The van der Waals surface area contributed by atoms with Crippen LogP contribution >= 0.6 is 7.75 Å². The van der Waals surface area contributed by atoms with Gasteiger partial charge in [0.2, 0.25) is 5.95 Å². The van der Waals surface area contributed by atoms with Crippen LogP contribution in [0.1, 0.15) is 18.5 Å². The number of esters is 1. The molecule has 2 aromatic rings. The van der Waals surface area contributed by atoms with Crippen LogP contribution in [0.2, 0.25) is 0 Å². The fourth-order valence-electron chi connectivity index (χ4n) is 3.50. The van der Waals surface area contributed by atoms with E-state index in [1.807, 2.05) is 0 Å². The molecule has 5 atom stereocenters. The van der Waals surface area contributed by atoms with Crippen molar-refractivity contribution in [3.63, 3.8) is 0 Å². The lowest BCUT2D eigenvalue weighted by molar-refractivity contribution is -0.142. The molecular formula is C21H24N5O7P. The molecule has 13 heteroatoms. The number of aromatic nitrogens is 2. The van der Waals surface area contributed by atoms with Crippen LogP contribution in [0.3, 0.4) is 0 Å². The van der Waals surface area contributed by atoms with Gasteiger partial charge in [-0.1, -0.05) is 30.4 Å². The minimum Gasteiger partial charge on any atom is -0.468 e. The van der Waals surface area contributed by atoms with Gasteiger partial charge in [-0.15, -0.1) is 0 Å². The summed E-state index contributed by atoms with van der Waals surface area (Å²) in [5.74, 6) is -0.751. The normalized spacial score (nSPS) is 23.3. The van der Waals surface area contributed by atoms with Crippen molar-refractivity contribution in [2.45, 2.75) is 31.1 Å². The molecule has 2 aliphatic heterocycles. The maximum atomic E-state index is 13.4. The molecule has 2 unspecified atom stereocenters. The lowest BCUT2D eigenvalue weighted by Gasteiger charge is -2.24. The van der Waals surface area contributed by atoms with E-state index in [4.69, 9.17) is 19.5 Å². The summed E-state index contributed by atoms with van der Waals surface area (Å²) in [4.78, 5) is 34.6. The molecule has 0 radical (unpaired) electrons. The number of benzene rings is 1. The van der Waals surface area contributed by atoms with Crippen LogP contribution < -0.4 is 20.9 Å². The van der Waals surface area contributed by atoms with Gasteiger partial charge in [0.15, 0.2) is 5.69 Å². The molecule has 0 saturated heterocycles. The summed E-state index contributed by atoms with van der Waals surface area (Å²) in [6.45, 7) is 1.34. The number of fused-ring (bicyclic) bond motifs is 1. The topological polar surface area (TPSA) is 167 Å². The van der Waals surface area contributed by atoms with Crippen LogP contribution in [-0.2, 0) is 23.4 Å². The number of anilines is 1. The second-order valence-corrected chi connectivity index (χ2v) is 9.28. The minimum atomic E-state index is -3.99. The molecule has 0 aliphatic carbocycles. The summed E-state index contributed by atoms with van der Waals surface area (Å²) >= 11 is 0. The average molecular weight is 489 g/mol. The van der Waals surface area contributed by atoms with E-state index in [2.05, 4.69) is 24.8 Å². The number of hydrogen-bond donors (Lipinski definition) is 3. The molecule has 34 heavy (non-hydrogen) atoms. The number of carbonyl (C=O) groups excluding carboxylic acids is 1. The molecule has 0 bridgehead atoms. The summed E-state index contributed by atoms with van der Waals surface area (Å²) < 4.78 is 35.3. The van der Waals surface area contributed by atoms with Crippen molar-refractivity contribution in [2.24, 2.45) is 4.99 Å². The second-order valence-electron chi connectivity index (χ2n) is 7.58. The monoisotopic (exact) mass is 489 g/mol. The van der Waals surface area contributed by atoms with Crippen molar-refractivity contribution in [2.75, 3.05) is 19.5 Å². The Balaban J connectivity index is 1.42. The fourth-order valence-corrected chi connectivity index (χ4v) is 5.00. The molecule has 2 aliphatic rings. The van der Waals surface area contributed by atoms with E-state index in [0.29, 0.717) is 11.4 Å². The maximum absolute atomic E-state index is 13.4. The molecule has 4 rings (SSSR count). The van der Waals surface area contributed by atoms with Crippen molar-refractivity contribution in [1.82, 2.24) is 15.1 Å². The Labute approximate surface area is 194 Å². The number of hydrogen-bond acceptors (Lipinski definition) is 10. The van der Waals surface area contributed by atoms with Gasteiger partial charge in [-0.3, -0.25) is 24.1 Å². The van der Waals surface area contributed by atoms with E-state index in [1.54, 1.807) is 48.7 Å². The number of aliphatic imine (C=N–C) groups is 1. The minimum absolute atomic E-state index is 0.00842. The number of nitrogens with two attached hydrogens (primary N) is 1. The first kappa shape index (κ1) is 23.8. The Morgan fingerprint density at radius 1 is 1.32 bits per heavy atom. The highest BCUT2D eigenvalue weighted by Crippen LogP contribution is 2.45. The molecule has 1 aromatic carbocycles. The average Bonchev–Trinajstić information content (AvgIpc) is 3.44. The van der Waals surface area contributed by atoms with Crippen LogP contribution in [0.5, 0.6) is 5.75 Å². The van der Waals surface area contributed by atoms with Gasteiger partial charge in [-0.25, -0.2) is 9.55 Å². The van der Waals surface area contributed by atoms with Crippen LogP contribution in [0.25, 0.3) is 0 Å². The van der Waals surface area contributed by atoms with Gasteiger partial charge < -0.3 is 19.7 Å². The van der Waals surface area contributed by atoms with Crippen molar-refractivity contribution in [1.29, 1.82) is 0 Å². The number of H-pyrrole nitrogens is 1. The van der Waals surface area contributed by atoms with Crippen molar-refractivity contribution < 1.29 is 27.9 Å². The van der Waals surface area contributed by atoms with Crippen LogP contribution in [0, 0.1) is 0 Å². The molecule has 0 spiro atoms. The number of ether oxygens (including phenoxy) is 2. The van der Waals surface area contributed by atoms with E-state index >= 15 is 0 Å². The smallest absolute Gasteiger partial charge is 0.459 e.